The van der Waals surface area contributed by atoms with Crippen molar-refractivity contribution in [2.75, 3.05) is 0 Å². The number of hydrogen-bond donors (Lipinski definition) is 2. The summed E-state index contributed by atoms with van der Waals surface area (Å²) < 4.78 is 11.8. The maximum absolute atomic E-state index is 11.1. The van der Waals surface area contributed by atoms with Crippen molar-refractivity contribution >= 4 is 5.91 Å². The summed E-state index contributed by atoms with van der Waals surface area (Å²) in [5.41, 5.74) is 3.09. The Morgan fingerprint density at radius 1 is 1.55 bits per heavy atom. The van der Waals surface area contributed by atoms with E-state index in [1.807, 2.05) is 19.1 Å². The highest BCUT2D eigenvalue weighted by Crippen LogP contribution is 2.42. The number of nitrogens with one attached hydrogen (secondary N) is 1. The van der Waals surface area contributed by atoms with Crippen LogP contribution in [-0.2, 0) is 11.2 Å². The Bertz CT molecular complexity index is 500. The van der Waals surface area contributed by atoms with Crippen LogP contribution in [0.15, 0.2) is 18.2 Å². The largest absolute Gasteiger partial charge is 0.487 e. The van der Waals surface area contributed by atoms with E-state index in [0.717, 1.165) is 17.9 Å². The molecule has 2 rings (SSSR count). The first-order chi connectivity index (χ1) is 9.41. The molecule has 1 amide bonds. The minimum atomic E-state index is -0.190. The van der Waals surface area contributed by atoms with Gasteiger partial charge in [0.1, 0.15) is 5.60 Å². The zero-order valence-electron chi connectivity index (χ0n) is 12.2. The Kier molecular flexibility index (Phi) is 4.18. The van der Waals surface area contributed by atoms with Crippen LogP contribution in [-0.4, -0.2) is 17.6 Å². The van der Waals surface area contributed by atoms with Crippen molar-refractivity contribution in [1.82, 2.24) is 5.43 Å². The zero-order valence-corrected chi connectivity index (χ0v) is 12.2. The molecule has 0 radical (unpaired) electrons. The van der Waals surface area contributed by atoms with E-state index < -0.39 is 0 Å². The lowest BCUT2D eigenvalue weighted by molar-refractivity contribution is -0.121. The summed E-state index contributed by atoms with van der Waals surface area (Å²) in [4.78, 5) is 11.1. The third kappa shape index (κ3) is 3.42. The molecule has 3 N–H and O–H groups in total. The molecule has 1 aliphatic heterocycles. The summed E-state index contributed by atoms with van der Waals surface area (Å²) in [6, 6.07) is 5.93. The summed E-state index contributed by atoms with van der Waals surface area (Å²) >= 11 is 0. The number of para-hydroxylation sites is 1. The van der Waals surface area contributed by atoms with Crippen LogP contribution in [0.3, 0.4) is 0 Å². The number of hydrogen-bond acceptors (Lipinski definition) is 4. The SMILES string of the molecule is CC(CCC(=O)NN)Oc1cccc2c1OC(C)(C)C2. The minimum Gasteiger partial charge on any atom is -0.487 e. The van der Waals surface area contributed by atoms with Crippen LogP contribution in [0.2, 0.25) is 0 Å². The van der Waals surface area contributed by atoms with Gasteiger partial charge < -0.3 is 9.47 Å². The molecule has 5 heteroatoms. The highest BCUT2D eigenvalue weighted by Gasteiger charge is 2.32. The maximum Gasteiger partial charge on any atom is 0.234 e. The van der Waals surface area contributed by atoms with E-state index in [1.165, 1.54) is 5.56 Å². The fourth-order valence-electron chi connectivity index (χ4n) is 2.36. The molecule has 0 aliphatic carbocycles. The first-order valence-corrected chi connectivity index (χ1v) is 6.88. The van der Waals surface area contributed by atoms with E-state index in [0.29, 0.717) is 12.8 Å². The molecule has 0 aromatic heterocycles. The molecule has 1 atom stereocenters. The van der Waals surface area contributed by atoms with E-state index >= 15 is 0 Å². The molecule has 0 fully saturated rings. The van der Waals surface area contributed by atoms with Crippen molar-refractivity contribution in [3.63, 3.8) is 0 Å². The smallest absolute Gasteiger partial charge is 0.234 e. The number of hydrazine groups is 1. The molecule has 0 bridgehead atoms. The second kappa shape index (κ2) is 5.71. The zero-order chi connectivity index (χ0) is 14.8. The average molecular weight is 278 g/mol. The van der Waals surface area contributed by atoms with Gasteiger partial charge in [-0.25, -0.2) is 5.84 Å². The third-order valence-electron chi connectivity index (χ3n) is 3.32. The number of rotatable bonds is 5. The van der Waals surface area contributed by atoms with Crippen LogP contribution in [0.5, 0.6) is 11.5 Å². The summed E-state index contributed by atoms with van der Waals surface area (Å²) in [6.07, 6.45) is 1.75. The van der Waals surface area contributed by atoms with Crippen LogP contribution in [0.1, 0.15) is 39.2 Å². The predicted molar refractivity (Wildman–Crippen MR) is 76.5 cm³/mol. The van der Waals surface area contributed by atoms with Gasteiger partial charge in [0.05, 0.1) is 6.10 Å². The first kappa shape index (κ1) is 14.7. The lowest BCUT2D eigenvalue weighted by Crippen LogP contribution is -2.30. The molecule has 1 aromatic rings. The fraction of sp³-hybridized carbons (Fsp3) is 0.533. The summed E-state index contributed by atoms with van der Waals surface area (Å²) in [5.74, 6) is 6.44. The molecule has 5 nitrogen and oxygen atoms in total. The maximum atomic E-state index is 11.1. The lowest BCUT2D eigenvalue weighted by Gasteiger charge is -2.20. The molecule has 0 saturated carbocycles. The van der Waals surface area contributed by atoms with Gasteiger partial charge in [0.15, 0.2) is 11.5 Å². The number of ether oxygens (including phenoxy) is 2. The standard InChI is InChI=1S/C15H22N2O3/c1-10(7-8-13(18)17-16)19-12-6-4-5-11-9-15(2,3)20-14(11)12/h4-6,10H,7-9,16H2,1-3H3,(H,17,18). The van der Waals surface area contributed by atoms with Gasteiger partial charge in [0.25, 0.3) is 0 Å². The van der Waals surface area contributed by atoms with Gasteiger partial charge in [-0.05, 0) is 33.3 Å². The van der Waals surface area contributed by atoms with Gasteiger partial charge in [-0.2, -0.15) is 0 Å². The Hall–Kier alpha value is -1.75. The Labute approximate surface area is 119 Å². The molecule has 20 heavy (non-hydrogen) atoms. The molecule has 1 aliphatic rings. The second-order valence-corrected chi connectivity index (χ2v) is 5.82. The molecule has 0 spiro atoms. The van der Waals surface area contributed by atoms with Gasteiger partial charge in [0, 0.05) is 18.4 Å². The van der Waals surface area contributed by atoms with Gasteiger partial charge in [-0.3, -0.25) is 10.2 Å². The number of nitrogens with two attached hydrogens (primary N) is 1. The first-order valence-electron chi connectivity index (χ1n) is 6.88. The van der Waals surface area contributed by atoms with Crippen molar-refractivity contribution < 1.29 is 14.3 Å². The number of carbonyl (C=O) groups excluding carboxylic acids is 1. The number of benzene rings is 1. The van der Waals surface area contributed by atoms with Crippen LogP contribution < -0.4 is 20.7 Å². The van der Waals surface area contributed by atoms with Gasteiger partial charge in [-0.15, -0.1) is 0 Å². The van der Waals surface area contributed by atoms with E-state index in [2.05, 4.69) is 25.3 Å². The highest BCUT2D eigenvalue weighted by atomic mass is 16.5. The van der Waals surface area contributed by atoms with E-state index in [-0.39, 0.29) is 17.6 Å². The monoisotopic (exact) mass is 278 g/mol. The fourth-order valence-corrected chi connectivity index (χ4v) is 2.36. The van der Waals surface area contributed by atoms with E-state index in [4.69, 9.17) is 15.3 Å². The summed E-state index contributed by atoms with van der Waals surface area (Å²) in [7, 11) is 0. The lowest BCUT2D eigenvalue weighted by atomic mass is 10.0. The third-order valence-corrected chi connectivity index (χ3v) is 3.32. The Balaban J connectivity index is 2.01. The molecular formula is C15H22N2O3. The molecule has 110 valence electrons. The Morgan fingerprint density at radius 3 is 3.00 bits per heavy atom. The molecular weight excluding hydrogens is 256 g/mol. The number of fused-ring (bicyclic) bond motifs is 1. The normalized spacial score (nSPS) is 17.0. The number of carbonyl (C=O) groups is 1. The average Bonchev–Trinajstić information content (AvgIpc) is 2.71. The molecule has 1 heterocycles. The quantitative estimate of drug-likeness (QED) is 0.490. The number of amides is 1. The van der Waals surface area contributed by atoms with Gasteiger partial charge >= 0.3 is 0 Å². The van der Waals surface area contributed by atoms with Crippen LogP contribution in [0.4, 0.5) is 0 Å². The highest BCUT2D eigenvalue weighted by molar-refractivity contribution is 5.75. The van der Waals surface area contributed by atoms with E-state index in [1.54, 1.807) is 0 Å². The van der Waals surface area contributed by atoms with E-state index in [9.17, 15) is 4.79 Å². The summed E-state index contributed by atoms with van der Waals surface area (Å²) in [6.45, 7) is 6.06. The predicted octanol–water partition coefficient (Wildman–Crippen LogP) is 1.94. The van der Waals surface area contributed by atoms with Crippen molar-refractivity contribution in [1.29, 1.82) is 0 Å². The molecule has 0 saturated heterocycles. The minimum absolute atomic E-state index is 0.0777. The summed E-state index contributed by atoms with van der Waals surface area (Å²) in [5, 5.41) is 0. The molecule has 1 aromatic carbocycles. The topological polar surface area (TPSA) is 73.6 Å². The van der Waals surface area contributed by atoms with Crippen molar-refractivity contribution in [3.8, 4) is 11.5 Å². The van der Waals surface area contributed by atoms with Crippen LogP contribution >= 0.6 is 0 Å². The Morgan fingerprint density at radius 2 is 2.30 bits per heavy atom. The van der Waals surface area contributed by atoms with Crippen LogP contribution in [0, 0.1) is 0 Å². The molecule has 1 unspecified atom stereocenters. The van der Waals surface area contributed by atoms with Crippen molar-refractivity contribution in [2.24, 2.45) is 5.84 Å². The second-order valence-electron chi connectivity index (χ2n) is 5.82. The van der Waals surface area contributed by atoms with Crippen molar-refractivity contribution in [3.05, 3.63) is 23.8 Å². The van der Waals surface area contributed by atoms with Gasteiger partial charge in [-0.1, -0.05) is 12.1 Å². The van der Waals surface area contributed by atoms with Gasteiger partial charge in [0.2, 0.25) is 5.91 Å². The van der Waals surface area contributed by atoms with Crippen molar-refractivity contribution in [2.45, 2.75) is 51.7 Å². The van der Waals surface area contributed by atoms with Crippen LogP contribution in [0.25, 0.3) is 0 Å².